The van der Waals surface area contributed by atoms with E-state index in [1.807, 2.05) is 0 Å². The second kappa shape index (κ2) is 5.95. The van der Waals surface area contributed by atoms with Gasteiger partial charge in [-0.25, -0.2) is 19.2 Å². The highest BCUT2D eigenvalue weighted by molar-refractivity contribution is 5.77. The summed E-state index contributed by atoms with van der Waals surface area (Å²) in [6, 6.07) is 5.16. The fourth-order valence-corrected chi connectivity index (χ4v) is 2.00. The number of halogens is 1. The number of pyridine rings is 1. The first-order valence-electron chi connectivity index (χ1n) is 6.74. The van der Waals surface area contributed by atoms with Crippen molar-refractivity contribution in [1.29, 1.82) is 0 Å². The monoisotopic (exact) mass is 330 g/mol. The highest BCUT2D eigenvalue weighted by Gasteiger charge is 2.12. The molecule has 1 amide bonds. The van der Waals surface area contributed by atoms with E-state index in [9.17, 15) is 14.0 Å². The molecule has 0 saturated carbocycles. The van der Waals surface area contributed by atoms with Gasteiger partial charge in [0.2, 0.25) is 0 Å². The number of nitrogens with two attached hydrogens (primary N) is 1. The van der Waals surface area contributed by atoms with Gasteiger partial charge in [0.25, 0.3) is 5.56 Å². The maximum Gasteiger partial charge on any atom is 0.410 e. The zero-order chi connectivity index (χ0) is 17.3. The molecule has 0 saturated heterocycles. The maximum absolute atomic E-state index is 13.9. The second-order valence-electron chi connectivity index (χ2n) is 4.77. The molecule has 0 fully saturated rings. The molecule has 0 spiro atoms. The van der Waals surface area contributed by atoms with Crippen molar-refractivity contribution in [3.63, 3.8) is 0 Å². The van der Waals surface area contributed by atoms with Crippen LogP contribution in [0.5, 0.6) is 17.2 Å². The zero-order valence-electron chi connectivity index (χ0n) is 12.4. The summed E-state index contributed by atoms with van der Waals surface area (Å²) in [5.74, 6) is -0.709. The van der Waals surface area contributed by atoms with Gasteiger partial charge in [0.1, 0.15) is 17.0 Å². The van der Waals surface area contributed by atoms with Gasteiger partial charge in [-0.1, -0.05) is 0 Å². The minimum Gasteiger partial charge on any atom is -0.455 e. The van der Waals surface area contributed by atoms with Gasteiger partial charge in [0, 0.05) is 18.3 Å². The van der Waals surface area contributed by atoms with Crippen LogP contribution in [0.3, 0.4) is 0 Å². The number of aromatic amines is 1. The van der Waals surface area contributed by atoms with Crippen molar-refractivity contribution in [2.75, 3.05) is 0 Å². The molecule has 3 rings (SSSR count). The lowest BCUT2D eigenvalue weighted by molar-refractivity contribution is 0.208. The predicted octanol–water partition coefficient (Wildman–Crippen LogP) is 2.02. The van der Waals surface area contributed by atoms with Gasteiger partial charge in [-0.05, 0) is 19.1 Å². The van der Waals surface area contributed by atoms with Gasteiger partial charge in [-0.3, -0.25) is 4.79 Å². The maximum atomic E-state index is 13.9. The van der Waals surface area contributed by atoms with E-state index in [0.29, 0.717) is 5.52 Å². The molecule has 2 aromatic heterocycles. The number of amides is 1. The van der Waals surface area contributed by atoms with Gasteiger partial charge >= 0.3 is 6.09 Å². The normalized spacial score (nSPS) is 10.6. The number of hydrogen-bond acceptors (Lipinski definition) is 6. The van der Waals surface area contributed by atoms with Crippen molar-refractivity contribution in [3.8, 4) is 17.2 Å². The van der Waals surface area contributed by atoms with Gasteiger partial charge in [0.05, 0.1) is 0 Å². The lowest BCUT2D eigenvalue weighted by atomic mass is 10.3. The topological polar surface area (TPSA) is 120 Å². The number of H-pyrrole nitrogens is 1. The number of ether oxygens (including phenoxy) is 2. The van der Waals surface area contributed by atoms with E-state index < -0.39 is 11.9 Å². The van der Waals surface area contributed by atoms with Crippen molar-refractivity contribution in [3.05, 3.63) is 52.3 Å². The number of aromatic nitrogens is 3. The Balaban J connectivity index is 1.98. The lowest BCUT2D eigenvalue weighted by Crippen LogP contribution is -2.16. The van der Waals surface area contributed by atoms with Gasteiger partial charge in [-0.2, -0.15) is 0 Å². The average molecular weight is 330 g/mol. The smallest absolute Gasteiger partial charge is 0.410 e. The number of nitrogens with one attached hydrogen (secondary N) is 1. The number of rotatable bonds is 3. The number of nitrogens with zero attached hydrogens (tertiary/aromatic N) is 2. The van der Waals surface area contributed by atoms with Crippen LogP contribution in [0.1, 0.15) is 5.69 Å². The predicted molar refractivity (Wildman–Crippen MR) is 81.6 cm³/mol. The van der Waals surface area contributed by atoms with E-state index in [4.69, 9.17) is 10.5 Å². The molecule has 24 heavy (non-hydrogen) atoms. The molecule has 9 heteroatoms. The highest BCUT2D eigenvalue weighted by atomic mass is 19.1. The first-order valence-corrected chi connectivity index (χ1v) is 6.74. The molecule has 1 aromatic carbocycles. The number of carbonyl (C=O) groups excluding carboxylic acids is 1. The molecule has 3 N–H and O–H groups in total. The molecule has 0 radical (unpaired) electrons. The van der Waals surface area contributed by atoms with E-state index in [1.54, 1.807) is 6.92 Å². The van der Waals surface area contributed by atoms with Crippen molar-refractivity contribution in [1.82, 2.24) is 15.0 Å². The van der Waals surface area contributed by atoms with Crippen LogP contribution in [-0.2, 0) is 0 Å². The van der Waals surface area contributed by atoms with Crippen molar-refractivity contribution >= 4 is 17.3 Å². The van der Waals surface area contributed by atoms with Crippen LogP contribution >= 0.6 is 0 Å². The molecule has 0 aliphatic heterocycles. The Labute approximate surface area is 134 Å². The molecular weight excluding hydrogens is 319 g/mol. The number of carbonyl (C=O) groups is 1. The summed E-state index contributed by atoms with van der Waals surface area (Å²) in [6.45, 7) is 1.55. The number of fused-ring (bicyclic) bond motifs is 1. The van der Waals surface area contributed by atoms with E-state index in [1.165, 1.54) is 24.4 Å². The third kappa shape index (κ3) is 3.00. The van der Waals surface area contributed by atoms with E-state index in [0.717, 1.165) is 6.07 Å². The van der Waals surface area contributed by atoms with Crippen LogP contribution in [0, 0.1) is 12.7 Å². The molecule has 8 nitrogen and oxygen atoms in total. The SMILES string of the molecule is Cc1nc2c(Oc3ccc(OC(N)=O)c(F)c3)ccnc2[nH]c1=O. The Bertz CT molecular complexity index is 1000. The van der Waals surface area contributed by atoms with E-state index in [2.05, 4.69) is 19.7 Å². The third-order valence-electron chi connectivity index (χ3n) is 3.07. The van der Waals surface area contributed by atoms with Gasteiger partial charge < -0.3 is 20.2 Å². The van der Waals surface area contributed by atoms with Crippen molar-refractivity contribution < 1.29 is 18.7 Å². The van der Waals surface area contributed by atoms with E-state index in [-0.39, 0.29) is 34.1 Å². The summed E-state index contributed by atoms with van der Waals surface area (Å²) in [7, 11) is 0. The van der Waals surface area contributed by atoms with Gasteiger partial charge in [0.15, 0.2) is 23.0 Å². The minimum absolute atomic E-state index is 0.141. The van der Waals surface area contributed by atoms with Crippen LogP contribution in [0.25, 0.3) is 11.2 Å². The number of primary amides is 1. The number of aryl methyl sites for hydroxylation is 1. The number of benzene rings is 1. The third-order valence-corrected chi connectivity index (χ3v) is 3.07. The Morgan fingerprint density at radius 2 is 2.08 bits per heavy atom. The lowest BCUT2D eigenvalue weighted by Gasteiger charge is -2.09. The largest absolute Gasteiger partial charge is 0.455 e. The molecule has 122 valence electrons. The van der Waals surface area contributed by atoms with Gasteiger partial charge in [-0.15, -0.1) is 0 Å². The first-order chi connectivity index (χ1) is 11.4. The Hall–Kier alpha value is -3.49. The van der Waals surface area contributed by atoms with Crippen LogP contribution in [0.4, 0.5) is 9.18 Å². The standard InChI is InChI=1S/C15H11FN4O4/c1-7-14(21)20-13-12(19-7)11(4-5-18-13)23-8-2-3-10(9(16)6-8)24-15(17)22/h2-6H,1H3,(H2,17,22)(H,18,20,21). The summed E-state index contributed by atoms with van der Waals surface area (Å²) in [5, 5.41) is 0. The highest BCUT2D eigenvalue weighted by Crippen LogP contribution is 2.29. The van der Waals surface area contributed by atoms with Crippen LogP contribution in [-0.4, -0.2) is 21.0 Å². The Morgan fingerprint density at radius 1 is 1.29 bits per heavy atom. The second-order valence-corrected chi connectivity index (χ2v) is 4.77. The average Bonchev–Trinajstić information content (AvgIpc) is 2.51. The summed E-state index contributed by atoms with van der Waals surface area (Å²) in [6.07, 6.45) is 0.303. The van der Waals surface area contributed by atoms with E-state index >= 15 is 0 Å². The zero-order valence-corrected chi connectivity index (χ0v) is 12.4. The van der Waals surface area contributed by atoms with Crippen LogP contribution < -0.4 is 20.8 Å². The Morgan fingerprint density at radius 3 is 2.79 bits per heavy atom. The summed E-state index contributed by atoms with van der Waals surface area (Å²) >= 11 is 0. The fourth-order valence-electron chi connectivity index (χ4n) is 2.00. The molecule has 0 aliphatic rings. The summed E-state index contributed by atoms with van der Waals surface area (Å²) in [5.41, 5.74) is 5.31. The van der Waals surface area contributed by atoms with Crippen molar-refractivity contribution in [2.24, 2.45) is 5.73 Å². The quantitative estimate of drug-likeness (QED) is 0.758. The molecule has 3 aromatic rings. The summed E-state index contributed by atoms with van der Waals surface area (Å²) in [4.78, 5) is 33.0. The fraction of sp³-hybridized carbons (Fsp3) is 0.0667. The van der Waals surface area contributed by atoms with Crippen LogP contribution in [0.2, 0.25) is 0 Å². The molecule has 0 bridgehead atoms. The van der Waals surface area contributed by atoms with Crippen molar-refractivity contribution in [2.45, 2.75) is 6.92 Å². The van der Waals surface area contributed by atoms with Crippen LogP contribution in [0.15, 0.2) is 35.3 Å². The Kier molecular flexibility index (Phi) is 3.82. The molecular formula is C15H11FN4O4. The minimum atomic E-state index is -1.12. The number of hydrogen-bond donors (Lipinski definition) is 2. The first kappa shape index (κ1) is 15.4. The summed E-state index contributed by atoms with van der Waals surface area (Å²) < 4.78 is 23.9. The molecule has 2 heterocycles. The molecule has 0 aliphatic carbocycles. The molecule has 0 atom stereocenters. The molecule has 0 unspecified atom stereocenters.